The van der Waals surface area contributed by atoms with Crippen molar-refractivity contribution >= 4 is 11.9 Å². The second-order valence-electron chi connectivity index (χ2n) is 6.64. The number of amides is 1. The van der Waals surface area contributed by atoms with E-state index in [4.69, 9.17) is 4.74 Å². The summed E-state index contributed by atoms with van der Waals surface area (Å²) in [5.41, 5.74) is 0. The fraction of sp³-hybridized carbons (Fsp3) is 0.750. The lowest BCUT2D eigenvalue weighted by molar-refractivity contribution is -0.150. The lowest BCUT2D eigenvalue weighted by Crippen LogP contribution is -2.43. The van der Waals surface area contributed by atoms with Crippen molar-refractivity contribution in [2.24, 2.45) is 29.6 Å². The van der Waals surface area contributed by atoms with Crippen molar-refractivity contribution in [3.63, 3.8) is 0 Å². The van der Waals surface area contributed by atoms with Gasteiger partial charge in [0.25, 0.3) is 0 Å². The Morgan fingerprint density at radius 1 is 1.29 bits per heavy atom. The number of carbonyl (C=O) groups excluding carboxylic acids is 1. The highest BCUT2D eigenvalue weighted by molar-refractivity contribution is 5.86. The van der Waals surface area contributed by atoms with Gasteiger partial charge < -0.3 is 14.7 Å². The minimum Gasteiger partial charge on any atom is -0.481 e. The van der Waals surface area contributed by atoms with Crippen LogP contribution in [0.4, 0.5) is 0 Å². The smallest absolute Gasteiger partial charge is 0.307 e. The number of ether oxygens (including phenoxy) is 1. The van der Waals surface area contributed by atoms with Gasteiger partial charge in [-0.05, 0) is 37.0 Å². The molecule has 2 bridgehead atoms. The Labute approximate surface area is 124 Å². The number of fused-ring (bicyclic) bond motifs is 2. The molecule has 116 valence electrons. The van der Waals surface area contributed by atoms with Crippen molar-refractivity contribution in [3.8, 4) is 0 Å². The van der Waals surface area contributed by atoms with Gasteiger partial charge in [0.15, 0.2) is 0 Å². The maximum atomic E-state index is 12.7. The SMILES string of the molecule is CN(CC1CCCOC1)C(=O)[C@H]1C2C=CC(C2)[C@H]1C(=O)O. The molecule has 5 nitrogen and oxygen atoms in total. The zero-order valence-electron chi connectivity index (χ0n) is 12.4. The van der Waals surface area contributed by atoms with Gasteiger partial charge in [-0.2, -0.15) is 0 Å². The van der Waals surface area contributed by atoms with Gasteiger partial charge in [-0.1, -0.05) is 12.2 Å². The summed E-state index contributed by atoms with van der Waals surface area (Å²) in [6.07, 6.45) is 6.94. The Morgan fingerprint density at radius 3 is 2.62 bits per heavy atom. The number of hydrogen-bond donors (Lipinski definition) is 1. The van der Waals surface area contributed by atoms with Crippen LogP contribution in [-0.2, 0) is 14.3 Å². The van der Waals surface area contributed by atoms with Crippen LogP contribution >= 0.6 is 0 Å². The Balaban J connectivity index is 1.66. The second kappa shape index (κ2) is 5.79. The van der Waals surface area contributed by atoms with Crippen molar-refractivity contribution in [1.29, 1.82) is 0 Å². The summed E-state index contributed by atoms with van der Waals surface area (Å²) < 4.78 is 5.45. The molecule has 3 unspecified atom stereocenters. The average Bonchev–Trinajstić information content (AvgIpc) is 3.08. The summed E-state index contributed by atoms with van der Waals surface area (Å²) in [7, 11) is 1.80. The molecule has 21 heavy (non-hydrogen) atoms. The molecular weight excluding hydrogens is 270 g/mol. The molecule has 1 N–H and O–H groups in total. The van der Waals surface area contributed by atoms with E-state index in [-0.39, 0.29) is 23.7 Å². The molecule has 3 rings (SSSR count). The van der Waals surface area contributed by atoms with Crippen LogP contribution < -0.4 is 0 Å². The molecule has 5 atom stereocenters. The molecule has 2 aliphatic carbocycles. The van der Waals surface area contributed by atoms with Crippen molar-refractivity contribution in [1.82, 2.24) is 4.90 Å². The summed E-state index contributed by atoms with van der Waals surface area (Å²) in [5, 5.41) is 9.43. The number of carbonyl (C=O) groups is 2. The molecule has 0 aromatic heterocycles. The van der Waals surface area contributed by atoms with Crippen molar-refractivity contribution in [2.75, 3.05) is 26.8 Å². The monoisotopic (exact) mass is 293 g/mol. The van der Waals surface area contributed by atoms with Crippen LogP contribution in [0.25, 0.3) is 0 Å². The number of hydrogen-bond acceptors (Lipinski definition) is 3. The predicted octanol–water partition coefficient (Wildman–Crippen LogP) is 1.39. The standard InChI is InChI=1S/C16H23NO4/c1-17(8-10-3-2-6-21-9-10)15(18)13-11-4-5-12(7-11)14(13)16(19)20/h4-5,10-14H,2-3,6-9H2,1H3,(H,19,20)/t10?,11?,12?,13-,14+/m0/s1. The topological polar surface area (TPSA) is 66.8 Å². The van der Waals surface area contributed by atoms with Gasteiger partial charge in [0.05, 0.1) is 18.4 Å². The Bertz CT molecular complexity index is 455. The summed E-state index contributed by atoms with van der Waals surface area (Å²) in [4.78, 5) is 25.9. The third-order valence-electron chi connectivity index (χ3n) is 5.19. The van der Waals surface area contributed by atoms with Gasteiger partial charge >= 0.3 is 5.97 Å². The Kier molecular flexibility index (Phi) is 4.02. The van der Waals surface area contributed by atoms with Crippen LogP contribution in [0.15, 0.2) is 12.2 Å². The fourth-order valence-corrected chi connectivity index (χ4v) is 4.18. The van der Waals surface area contributed by atoms with Crippen molar-refractivity contribution < 1.29 is 19.4 Å². The quantitative estimate of drug-likeness (QED) is 0.796. The Morgan fingerprint density at radius 2 is 2.00 bits per heavy atom. The summed E-state index contributed by atoms with van der Waals surface area (Å²) in [6.45, 7) is 2.19. The van der Waals surface area contributed by atoms with Crippen molar-refractivity contribution in [3.05, 3.63) is 12.2 Å². The van der Waals surface area contributed by atoms with Crippen LogP contribution in [-0.4, -0.2) is 48.7 Å². The molecule has 1 aliphatic heterocycles. The van der Waals surface area contributed by atoms with Gasteiger partial charge in [0, 0.05) is 20.2 Å². The molecule has 3 aliphatic rings. The molecule has 0 aromatic carbocycles. The summed E-state index contributed by atoms with van der Waals surface area (Å²) in [6, 6.07) is 0. The number of rotatable bonds is 4. The van der Waals surface area contributed by atoms with Crippen LogP contribution in [0, 0.1) is 29.6 Å². The van der Waals surface area contributed by atoms with E-state index in [0.29, 0.717) is 19.1 Å². The van der Waals surface area contributed by atoms with Crippen LogP contribution in [0.3, 0.4) is 0 Å². The van der Waals surface area contributed by atoms with E-state index in [1.807, 2.05) is 12.2 Å². The maximum Gasteiger partial charge on any atom is 0.307 e. The molecule has 1 amide bonds. The third kappa shape index (κ3) is 2.71. The third-order valence-corrected chi connectivity index (χ3v) is 5.19. The number of nitrogens with zero attached hydrogens (tertiary/aromatic N) is 1. The van der Waals surface area contributed by atoms with Gasteiger partial charge in [-0.15, -0.1) is 0 Å². The number of carboxylic acids is 1. The van der Waals surface area contributed by atoms with Gasteiger partial charge in [-0.3, -0.25) is 9.59 Å². The number of carboxylic acid groups (broad SMARTS) is 1. The second-order valence-corrected chi connectivity index (χ2v) is 6.64. The van der Waals surface area contributed by atoms with Crippen LogP contribution in [0.2, 0.25) is 0 Å². The lowest BCUT2D eigenvalue weighted by Gasteiger charge is -2.32. The maximum absolute atomic E-state index is 12.7. The van der Waals surface area contributed by atoms with Crippen molar-refractivity contribution in [2.45, 2.75) is 19.3 Å². The summed E-state index contributed by atoms with van der Waals surface area (Å²) in [5.74, 6) is -1.25. The van der Waals surface area contributed by atoms with Crippen LogP contribution in [0.1, 0.15) is 19.3 Å². The molecule has 0 spiro atoms. The fourth-order valence-electron chi connectivity index (χ4n) is 4.18. The minimum atomic E-state index is -0.834. The number of aliphatic carboxylic acids is 1. The highest BCUT2D eigenvalue weighted by Gasteiger charge is 2.52. The molecule has 2 fully saturated rings. The molecule has 1 saturated carbocycles. The molecule has 1 heterocycles. The van der Waals surface area contributed by atoms with E-state index in [1.54, 1.807) is 11.9 Å². The first-order valence-corrected chi connectivity index (χ1v) is 7.81. The van der Waals surface area contributed by atoms with E-state index < -0.39 is 11.9 Å². The first kappa shape index (κ1) is 14.6. The van der Waals surface area contributed by atoms with E-state index >= 15 is 0 Å². The van der Waals surface area contributed by atoms with E-state index in [9.17, 15) is 14.7 Å². The Hall–Kier alpha value is -1.36. The zero-order chi connectivity index (χ0) is 15.0. The molecular formula is C16H23NO4. The van der Waals surface area contributed by atoms with Gasteiger partial charge in [0.2, 0.25) is 5.91 Å². The van der Waals surface area contributed by atoms with Gasteiger partial charge in [-0.25, -0.2) is 0 Å². The lowest BCUT2D eigenvalue weighted by atomic mass is 9.82. The molecule has 0 aromatic rings. The summed E-state index contributed by atoms with van der Waals surface area (Å²) >= 11 is 0. The molecule has 1 saturated heterocycles. The van der Waals surface area contributed by atoms with Gasteiger partial charge in [0.1, 0.15) is 0 Å². The first-order chi connectivity index (χ1) is 10.1. The first-order valence-electron chi connectivity index (χ1n) is 7.81. The largest absolute Gasteiger partial charge is 0.481 e. The normalized spacial score (nSPS) is 37.7. The average molecular weight is 293 g/mol. The molecule has 5 heteroatoms. The highest BCUT2D eigenvalue weighted by atomic mass is 16.5. The van der Waals surface area contributed by atoms with E-state index in [2.05, 4.69) is 0 Å². The molecule has 0 radical (unpaired) electrons. The number of allylic oxidation sites excluding steroid dienone is 2. The van der Waals surface area contributed by atoms with E-state index in [0.717, 1.165) is 25.9 Å². The van der Waals surface area contributed by atoms with Crippen LogP contribution in [0.5, 0.6) is 0 Å². The van der Waals surface area contributed by atoms with E-state index in [1.165, 1.54) is 0 Å². The highest BCUT2D eigenvalue weighted by Crippen LogP contribution is 2.48. The predicted molar refractivity (Wildman–Crippen MR) is 76.5 cm³/mol. The zero-order valence-corrected chi connectivity index (χ0v) is 12.4. The minimum absolute atomic E-state index is 0.00942.